The molecule has 1 aromatic heterocycles. The number of carboxylic acids is 1. The molecule has 0 spiro atoms. The summed E-state index contributed by atoms with van der Waals surface area (Å²) in [7, 11) is 1.84. The summed E-state index contributed by atoms with van der Waals surface area (Å²) in [6.45, 7) is 2.01. The zero-order chi connectivity index (χ0) is 14.0. The lowest BCUT2D eigenvalue weighted by atomic mass is 10.1. The number of nitrogens with zero attached hydrogens (tertiary/aromatic N) is 2. The highest BCUT2D eigenvalue weighted by Crippen LogP contribution is 2.23. The van der Waals surface area contributed by atoms with Crippen molar-refractivity contribution in [2.45, 2.75) is 13.3 Å². The number of rotatable bonds is 4. The maximum atomic E-state index is 11.0. The van der Waals surface area contributed by atoms with Crippen LogP contribution < -0.4 is 11.1 Å². The molecule has 1 aromatic carbocycles. The first-order chi connectivity index (χ1) is 9.01. The molecule has 2 aromatic rings. The molecule has 0 aliphatic heterocycles. The van der Waals surface area contributed by atoms with E-state index in [1.807, 2.05) is 20.2 Å². The Morgan fingerprint density at radius 3 is 2.89 bits per heavy atom. The first-order valence-electron chi connectivity index (χ1n) is 5.93. The van der Waals surface area contributed by atoms with Gasteiger partial charge in [0.2, 0.25) is 0 Å². The van der Waals surface area contributed by atoms with E-state index in [4.69, 9.17) is 10.8 Å². The predicted octanol–water partition coefficient (Wildman–Crippen LogP) is 2.01. The van der Waals surface area contributed by atoms with E-state index in [-0.39, 0.29) is 11.3 Å². The third-order valence-electron chi connectivity index (χ3n) is 2.80. The second kappa shape index (κ2) is 5.01. The average Bonchev–Trinajstić information content (AvgIpc) is 2.71. The van der Waals surface area contributed by atoms with E-state index in [0.717, 1.165) is 17.8 Å². The van der Waals surface area contributed by atoms with Crippen LogP contribution in [0.25, 0.3) is 0 Å². The molecular weight excluding hydrogens is 244 g/mol. The molecule has 6 nitrogen and oxygen atoms in total. The van der Waals surface area contributed by atoms with Gasteiger partial charge in [-0.05, 0) is 24.6 Å². The lowest BCUT2D eigenvalue weighted by Gasteiger charge is -2.08. The first-order valence-corrected chi connectivity index (χ1v) is 5.93. The van der Waals surface area contributed by atoms with E-state index in [9.17, 15) is 4.79 Å². The Labute approximate surface area is 110 Å². The van der Waals surface area contributed by atoms with Gasteiger partial charge in [0.15, 0.2) is 0 Å². The Morgan fingerprint density at radius 2 is 2.26 bits per heavy atom. The van der Waals surface area contributed by atoms with Crippen LogP contribution >= 0.6 is 0 Å². The van der Waals surface area contributed by atoms with Crippen molar-refractivity contribution in [1.29, 1.82) is 0 Å². The van der Waals surface area contributed by atoms with Crippen LogP contribution in [0.3, 0.4) is 0 Å². The fraction of sp³-hybridized carbons (Fsp3) is 0.231. The lowest BCUT2D eigenvalue weighted by Crippen LogP contribution is -2.03. The minimum atomic E-state index is -1.04. The highest BCUT2D eigenvalue weighted by atomic mass is 16.4. The largest absolute Gasteiger partial charge is 0.478 e. The van der Waals surface area contributed by atoms with Gasteiger partial charge in [-0.1, -0.05) is 6.92 Å². The number of benzene rings is 1. The van der Waals surface area contributed by atoms with Crippen LogP contribution in [0.5, 0.6) is 0 Å². The summed E-state index contributed by atoms with van der Waals surface area (Å²) >= 11 is 0. The summed E-state index contributed by atoms with van der Waals surface area (Å²) in [5.41, 5.74) is 8.43. The number of aromatic nitrogens is 2. The molecular formula is C13H16N4O2. The number of aromatic carboxylic acids is 1. The van der Waals surface area contributed by atoms with Gasteiger partial charge in [0.25, 0.3) is 0 Å². The molecule has 0 aliphatic carbocycles. The van der Waals surface area contributed by atoms with Gasteiger partial charge in [0.1, 0.15) is 0 Å². The minimum absolute atomic E-state index is 0.0898. The molecule has 100 valence electrons. The van der Waals surface area contributed by atoms with Crippen LogP contribution in [-0.2, 0) is 13.5 Å². The van der Waals surface area contributed by atoms with Crippen molar-refractivity contribution in [1.82, 2.24) is 9.78 Å². The molecule has 0 saturated heterocycles. The first kappa shape index (κ1) is 12.9. The van der Waals surface area contributed by atoms with Crippen molar-refractivity contribution in [3.8, 4) is 0 Å². The topological polar surface area (TPSA) is 93.2 Å². The van der Waals surface area contributed by atoms with E-state index in [1.54, 1.807) is 16.8 Å². The standard InChI is InChI=1S/C13H16N4O2/c1-3-11-12(7-17(2)16-11)15-8-4-5-10(14)9(6-8)13(18)19/h4-7,15H,3,14H2,1-2H3,(H,18,19). The van der Waals surface area contributed by atoms with Crippen molar-refractivity contribution >= 4 is 23.0 Å². The summed E-state index contributed by atoms with van der Waals surface area (Å²) < 4.78 is 1.72. The summed E-state index contributed by atoms with van der Waals surface area (Å²) in [4.78, 5) is 11.0. The number of anilines is 3. The molecule has 0 saturated carbocycles. The van der Waals surface area contributed by atoms with Crippen LogP contribution in [0.4, 0.5) is 17.1 Å². The van der Waals surface area contributed by atoms with Gasteiger partial charge >= 0.3 is 5.97 Å². The zero-order valence-corrected chi connectivity index (χ0v) is 10.8. The normalized spacial score (nSPS) is 10.4. The van der Waals surface area contributed by atoms with Gasteiger partial charge < -0.3 is 16.2 Å². The minimum Gasteiger partial charge on any atom is -0.478 e. The van der Waals surface area contributed by atoms with Crippen LogP contribution in [-0.4, -0.2) is 20.9 Å². The second-order valence-electron chi connectivity index (χ2n) is 4.25. The van der Waals surface area contributed by atoms with Crippen molar-refractivity contribution in [3.63, 3.8) is 0 Å². The maximum absolute atomic E-state index is 11.0. The number of carboxylic acid groups (broad SMARTS) is 1. The Morgan fingerprint density at radius 1 is 1.53 bits per heavy atom. The van der Waals surface area contributed by atoms with Crippen molar-refractivity contribution in [2.24, 2.45) is 7.05 Å². The van der Waals surface area contributed by atoms with E-state index in [1.165, 1.54) is 6.07 Å². The molecule has 0 unspecified atom stereocenters. The lowest BCUT2D eigenvalue weighted by molar-refractivity contribution is 0.0698. The van der Waals surface area contributed by atoms with Crippen molar-refractivity contribution in [3.05, 3.63) is 35.7 Å². The molecule has 0 fully saturated rings. The molecule has 0 radical (unpaired) electrons. The summed E-state index contributed by atoms with van der Waals surface area (Å²) in [6.07, 6.45) is 2.65. The van der Waals surface area contributed by atoms with Gasteiger partial charge in [-0.15, -0.1) is 0 Å². The Kier molecular flexibility index (Phi) is 3.41. The Bertz CT molecular complexity index is 619. The van der Waals surface area contributed by atoms with E-state index < -0.39 is 5.97 Å². The fourth-order valence-corrected chi connectivity index (χ4v) is 1.87. The maximum Gasteiger partial charge on any atom is 0.337 e. The second-order valence-corrected chi connectivity index (χ2v) is 4.25. The van der Waals surface area contributed by atoms with Crippen LogP contribution in [0.2, 0.25) is 0 Å². The quantitative estimate of drug-likeness (QED) is 0.731. The molecule has 4 N–H and O–H groups in total. The van der Waals surface area contributed by atoms with E-state index in [2.05, 4.69) is 10.4 Å². The summed E-state index contributed by atoms with van der Waals surface area (Å²) in [5.74, 6) is -1.04. The van der Waals surface area contributed by atoms with Crippen LogP contribution in [0.15, 0.2) is 24.4 Å². The van der Waals surface area contributed by atoms with Crippen molar-refractivity contribution in [2.75, 3.05) is 11.1 Å². The highest BCUT2D eigenvalue weighted by molar-refractivity contribution is 5.95. The number of hydrogen-bond donors (Lipinski definition) is 3. The monoisotopic (exact) mass is 260 g/mol. The number of nitrogens with one attached hydrogen (secondary N) is 1. The summed E-state index contributed by atoms with van der Waals surface area (Å²) in [6, 6.07) is 4.84. The fourth-order valence-electron chi connectivity index (χ4n) is 1.87. The molecule has 0 amide bonds. The third-order valence-corrected chi connectivity index (χ3v) is 2.80. The predicted molar refractivity (Wildman–Crippen MR) is 73.7 cm³/mol. The average molecular weight is 260 g/mol. The molecule has 6 heteroatoms. The number of nitrogens with two attached hydrogens (primary N) is 1. The van der Waals surface area contributed by atoms with Crippen LogP contribution in [0, 0.1) is 0 Å². The Balaban J connectivity index is 2.33. The molecule has 19 heavy (non-hydrogen) atoms. The van der Waals surface area contributed by atoms with Gasteiger partial charge in [0.05, 0.1) is 16.9 Å². The number of hydrogen-bond acceptors (Lipinski definition) is 4. The van der Waals surface area contributed by atoms with Crippen molar-refractivity contribution < 1.29 is 9.90 Å². The van der Waals surface area contributed by atoms with Gasteiger partial charge in [-0.25, -0.2) is 4.79 Å². The zero-order valence-electron chi connectivity index (χ0n) is 10.8. The molecule has 0 atom stereocenters. The number of nitrogen functional groups attached to an aromatic ring is 1. The smallest absolute Gasteiger partial charge is 0.337 e. The molecule has 0 bridgehead atoms. The molecule has 0 aliphatic rings. The van der Waals surface area contributed by atoms with Gasteiger partial charge in [-0.2, -0.15) is 5.10 Å². The number of aryl methyl sites for hydroxylation is 2. The van der Waals surface area contributed by atoms with E-state index in [0.29, 0.717) is 5.69 Å². The highest BCUT2D eigenvalue weighted by Gasteiger charge is 2.10. The van der Waals surface area contributed by atoms with Gasteiger partial charge in [-0.3, -0.25) is 4.68 Å². The van der Waals surface area contributed by atoms with Crippen LogP contribution in [0.1, 0.15) is 23.0 Å². The SMILES string of the molecule is CCc1nn(C)cc1Nc1ccc(N)c(C(=O)O)c1. The molecule has 2 rings (SSSR count). The Hall–Kier alpha value is -2.50. The third kappa shape index (κ3) is 2.67. The molecule has 1 heterocycles. The summed E-state index contributed by atoms with van der Waals surface area (Å²) in [5, 5.41) is 16.5. The number of carbonyl (C=O) groups is 1. The van der Waals surface area contributed by atoms with Gasteiger partial charge in [0, 0.05) is 24.6 Å². The van der Waals surface area contributed by atoms with E-state index >= 15 is 0 Å².